The van der Waals surface area contributed by atoms with Crippen LogP contribution in [0.4, 0.5) is 0 Å². The largest absolute Gasteiger partial charge is 0.309 e. The van der Waals surface area contributed by atoms with Crippen molar-refractivity contribution >= 4 is 43.6 Å². The zero-order valence-electron chi connectivity index (χ0n) is 37.2. The fourth-order valence-corrected chi connectivity index (χ4v) is 10.2. The van der Waals surface area contributed by atoms with Gasteiger partial charge in [0.05, 0.1) is 27.8 Å². The van der Waals surface area contributed by atoms with Gasteiger partial charge in [0.1, 0.15) is 5.82 Å². The van der Waals surface area contributed by atoms with E-state index in [1.807, 2.05) is 6.07 Å². The van der Waals surface area contributed by atoms with Crippen molar-refractivity contribution in [3.8, 4) is 78.4 Å². The van der Waals surface area contributed by atoms with Crippen LogP contribution in [-0.4, -0.2) is 14.1 Å². The van der Waals surface area contributed by atoms with E-state index in [1.165, 1.54) is 93.9 Å². The third-order valence-corrected chi connectivity index (χ3v) is 13.5. The zero-order valence-corrected chi connectivity index (χ0v) is 37.2. The Kier molecular flexibility index (Phi) is 9.50. The average molecular weight is 866 g/mol. The lowest BCUT2D eigenvalue weighted by Gasteiger charge is -2.11. The van der Waals surface area contributed by atoms with Crippen molar-refractivity contribution in [1.29, 1.82) is 0 Å². The van der Waals surface area contributed by atoms with Gasteiger partial charge in [0.25, 0.3) is 0 Å². The molecule has 0 aliphatic carbocycles. The second kappa shape index (κ2) is 16.4. The highest BCUT2D eigenvalue weighted by Crippen LogP contribution is 2.39. The van der Waals surface area contributed by atoms with Gasteiger partial charge in [-0.3, -0.25) is 4.57 Å². The van der Waals surface area contributed by atoms with Crippen molar-refractivity contribution < 1.29 is 0 Å². The number of aromatic nitrogens is 3. The predicted octanol–water partition coefficient (Wildman–Crippen LogP) is 17.3. The maximum atomic E-state index is 5.16. The van der Waals surface area contributed by atoms with Gasteiger partial charge < -0.3 is 4.57 Å². The van der Waals surface area contributed by atoms with Gasteiger partial charge in [-0.2, -0.15) is 0 Å². The Hall–Kier alpha value is -9.05. The highest BCUT2D eigenvalue weighted by atomic mass is 15.1. The molecule has 68 heavy (non-hydrogen) atoms. The number of hydrogen-bond acceptors (Lipinski definition) is 1. The van der Waals surface area contributed by atoms with Gasteiger partial charge in [0.15, 0.2) is 0 Å². The van der Waals surface area contributed by atoms with Crippen LogP contribution in [0.3, 0.4) is 0 Å². The van der Waals surface area contributed by atoms with Crippen molar-refractivity contribution in [3.05, 3.63) is 261 Å². The minimum atomic E-state index is 0.907. The first kappa shape index (κ1) is 39.3. The van der Waals surface area contributed by atoms with Gasteiger partial charge in [-0.1, -0.05) is 176 Å². The van der Waals surface area contributed by atoms with Crippen LogP contribution < -0.4 is 0 Å². The van der Waals surface area contributed by atoms with Gasteiger partial charge in [-0.05, 0) is 141 Å². The topological polar surface area (TPSA) is 22.8 Å². The highest BCUT2D eigenvalue weighted by molar-refractivity contribution is 6.11. The Morgan fingerprint density at radius 2 is 0.574 bits per heavy atom. The second-order valence-electron chi connectivity index (χ2n) is 17.6. The van der Waals surface area contributed by atoms with E-state index in [9.17, 15) is 0 Å². The third-order valence-electron chi connectivity index (χ3n) is 13.5. The van der Waals surface area contributed by atoms with E-state index in [-0.39, 0.29) is 0 Å². The Bertz CT molecular complexity index is 4030. The molecule has 0 aliphatic heterocycles. The maximum absolute atomic E-state index is 5.16. The fraction of sp³-hybridized carbons (Fsp3) is 0. The summed E-state index contributed by atoms with van der Waals surface area (Å²) in [4.78, 5) is 5.16. The molecule has 318 valence electrons. The molecule has 0 radical (unpaired) electrons. The molecule has 3 heterocycles. The third kappa shape index (κ3) is 6.88. The van der Waals surface area contributed by atoms with E-state index in [2.05, 4.69) is 264 Å². The minimum Gasteiger partial charge on any atom is -0.309 e. The summed E-state index contributed by atoms with van der Waals surface area (Å²) < 4.78 is 4.66. The Morgan fingerprint density at radius 1 is 0.221 bits per heavy atom. The number of benzene rings is 10. The first-order valence-electron chi connectivity index (χ1n) is 23.3. The molecule has 13 rings (SSSR count). The maximum Gasteiger partial charge on any atom is 0.138 e. The first-order chi connectivity index (χ1) is 33.7. The SMILES string of the molecule is c1ccc(-c2cccc(-n3c4ccccc4c4cc(-c5cccc(-c6cccc(-c7cccc(-c8cccc(-c9ccc%10c(c9)c9ccccc9n%10-c9ccccc9)c8)c7)c6)c5)ccc43)n2)cc1. The van der Waals surface area contributed by atoms with Crippen molar-refractivity contribution in [2.45, 2.75) is 0 Å². The molecule has 3 heteroatoms. The average Bonchev–Trinajstić information content (AvgIpc) is 3.94. The molecule has 0 spiro atoms. The Balaban J connectivity index is 0.809. The van der Waals surface area contributed by atoms with E-state index in [0.717, 1.165) is 28.1 Å². The number of fused-ring (bicyclic) bond motifs is 6. The summed E-state index contributed by atoms with van der Waals surface area (Å²) in [6, 6.07) is 94.2. The molecule has 0 saturated carbocycles. The predicted molar refractivity (Wildman–Crippen MR) is 286 cm³/mol. The molecule has 0 aliphatic rings. The van der Waals surface area contributed by atoms with Crippen LogP contribution in [-0.2, 0) is 0 Å². The normalized spacial score (nSPS) is 11.5. The van der Waals surface area contributed by atoms with Gasteiger partial charge in [0, 0.05) is 32.8 Å². The molecule has 0 amide bonds. The van der Waals surface area contributed by atoms with Crippen molar-refractivity contribution in [1.82, 2.24) is 14.1 Å². The van der Waals surface area contributed by atoms with Gasteiger partial charge in [0.2, 0.25) is 0 Å². The van der Waals surface area contributed by atoms with Gasteiger partial charge in [-0.15, -0.1) is 0 Å². The molecule has 3 nitrogen and oxygen atoms in total. The van der Waals surface area contributed by atoms with Crippen LogP contribution in [0.2, 0.25) is 0 Å². The molecule has 3 aromatic heterocycles. The number of pyridine rings is 1. The molecule has 0 atom stereocenters. The summed E-state index contributed by atoms with van der Waals surface area (Å²) in [5.74, 6) is 0.907. The monoisotopic (exact) mass is 865 g/mol. The number of nitrogens with zero attached hydrogens (tertiary/aromatic N) is 3. The fourth-order valence-electron chi connectivity index (χ4n) is 10.2. The van der Waals surface area contributed by atoms with E-state index in [4.69, 9.17) is 4.98 Å². The van der Waals surface area contributed by atoms with Crippen LogP contribution in [0.5, 0.6) is 0 Å². The summed E-state index contributed by atoms with van der Waals surface area (Å²) >= 11 is 0. The molecule has 0 fully saturated rings. The van der Waals surface area contributed by atoms with Gasteiger partial charge >= 0.3 is 0 Å². The Labute approximate surface area is 395 Å². The van der Waals surface area contributed by atoms with Crippen molar-refractivity contribution in [2.75, 3.05) is 0 Å². The summed E-state index contributed by atoms with van der Waals surface area (Å²) in [7, 11) is 0. The van der Waals surface area contributed by atoms with Crippen LogP contribution in [0.15, 0.2) is 261 Å². The number of rotatable bonds is 8. The molecule has 0 bridgehead atoms. The summed E-state index contributed by atoms with van der Waals surface area (Å²) in [6.07, 6.45) is 0. The first-order valence-corrected chi connectivity index (χ1v) is 23.3. The van der Waals surface area contributed by atoms with Crippen molar-refractivity contribution in [3.63, 3.8) is 0 Å². The molecule has 13 aromatic rings. The summed E-state index contributed by atoms with van der Waals surface area (Å²) in [5, 5.41) is 4.92. The van der Waals surface area contributed by atoms with Crippen LogP contribution in [0, 0.1) is 0 Å². The lowest BCUT2D eigenvalue weighted by Crippen LogP contribution is -1.98. The molecule has 0 N–H and O–H groups in total. The van der Waals surface area contributed by atoms with Gasteiger partial charge in [-0.25, -0.2) is 4.98 Å². The summed E-state index contributed by atoms with van der Waals surface area (Å²) in [6.45, 7) is 0. The van der Waals surface area contributed by atoms with E-state index >= 15 is 0 Å². The number of para-hydroxylation sites is 3. The molecule has 10 aromatic carbocycles. The summed E-state index contributed by atoms with van der Waals surface area (Å²) in [5.41, 5.74) is 19.8. The van der Waals surface area contributed by atoms with E-state index in [0.29, 0.717) is 0 Å². The lowest BCUT2D eigenvalue weighted by atomic mass is 9.93. The Morgan fingerprint density at radius 3 is 1.06 bits per heavy atom. The van der Waals surface area contributed by atoms with Crippen molar-refractivity contribution in [2.24, 2.45) is 0 Å². The van der Waals surface area contributed by atoms with Crippen LogP contribution in [0.1, 0.15) is 0 Å². The molecular formula is C65H43N3. The lowest BCUT2D eigenvalue weighted by molar-refractivity contribution is 1.08. The number of hydrogen-bond donors (Lipinski definition) is 0. The smallest absolute Gasteiger partial charge is 0.138 e. The molecule has 0 saturated heterocycles. The van der Waals surface area contributed by atoms with E-state index in [1.54, 1.807) is 0 Å². The van der Waals surface area contributed by atoms with Crippen LogP contribution >= 0.6 is 0 Å². The standard InChI is InChI=1S/C65H43N3/c1-3-16-44(17-4-1)60-30-15-33-65(66-60)68-62-32-10-8-29-57(62)59-43-54(35-37-64(59)68)52-25-14-23-50(41-52)48-21-12-19-46(39-48)45-18-11-20-47(38-45)49-22-13-24-51(40-49)53-34-36-63-58(42-53)56-28-7-9-31-61(56)67(63)55-26-5-2-6-27-55/h1-43H. The molecule has 0 unspecified atom stereocenters. The second-order valence-corrected chi connectivity index (χ2v) is 17.6. The molecular weight excluding hydrogens is 823 g/mol. The zero-order chi connectivity index (χ0) is 45.0. The van der Waals surface area contributed by atoms with E-state index < -0.39 is 0 Å². The highest BCUT2D eigenvalue weighted by Gasteiger charge is 2.17. The van der Waals surface area contributed by atoms with Crippen LogP contribution in [0.25, 0.3) is 122 Å². The minimum absolute atomic E-state index is 0.907. The quantitative estimate of drug-likeness (QED) is 0.149.